The Morgan fingerprint density at radius 2 is 2.00 bits per heavy atom. The number of methoxy groups -OCH3 is 1. The van der Waals surface area contributed by atoms with Crippen LogP contribution in [0.2, 0.25) is 5.02 Å². The van der Waals surface area contributed by atoms with Crippen molar-refractivity contribution >= 4 is 45.2 Å². The number of aliphatic hydroxyl groups is 1. The van der Waals surface area contributed by atoms with E-state index in [1.807, 2.05) is 30.3 Å². The van der Waals surface area contributed by atoms with E-state index in [0.29, 0.717) is 33.0 Å². The minimum absolute atomic E-state index is 0.0468. The van der Waals surface area contributed by atoms with E-state index in [4.69, 9.17) is 20.8 Å². The van der Waals surface area contributed by atoms with Crippen LogP contribution in [-0.2, 0) is 11.3 Å². The van der Waals surface area contributed by atoms with Crippen LogP contribution in [-0.4, -0.2) is 38.8 Å². The minimum atomic E-state index is -0.878. The molecule has 2 N–H and O–H groups in total. The second-order valence-electron chi connectivity index (χ2n) is 8.67. The number of hydrogen-bond acceptors (Lipinski definition) is 6. The molecule has 184 valence electrons. The number of benzene rings is 2. The molecule has 1 unspecified atom stereocenters. The van der Waals surface area contributed by atoms with Gasteiger partial charge in [0.05, 0.1) is 31.0 Å². The quantitative estimate of drug-likeness (QED) is 0.280. The molecule has 6 rings (SSSR count). The number of rotatable bonds is 6. The first-order chi connectivity index (χ1) is 18.0. The van der Waals surface area contributed by atoms with Crippen molar-refractivity contribution in [2.75, 3.05) is 7.11 Å². The van der Waals surface area contributed by atoms with Gasteiger partial charge in [0.25, 0.3) is 5.91 Å². The lowest BCUT2D eigenvalue weighted by atomic mass is 9.94. The maximum atomic E-state index is 13.9. The Morgan fingerprint density at radius 3 is 2.78 bits per heavy atom. The monoisotopic (exact) mass is 513 g/mol. The molecule has 1 aliphatic heterocycles. The first-order valence-corrected chi connectivity index (χ1v) is 11.9. The van der Waals surface area contributed by atoms with Crippen LogP contribution < -0.4 is 4.74 Å². The zero-order valence-electron chi connectivity index (χ0n) is 19.6. The predicted molar refractivity (Wildman–Crippen MR) is 138 cm³/mol. The van der Waals surface area contributed by atoms with Gasteiger partial charge in [0.2, 0.25) is 5.78 Å². The zero-order chi connectivity index (χ0) is 25.7. The third-order valence-electron chi connectivity index (χ3n) is 6.51. The van der Waals surface area contributed by atoms with Gasteiger partial charge in [-0.25, -0.2) is 0 Å². The molecule has 0 saturated heterocycles. The Bertz CT molecular complexity index is 1720. The fourth-order valence-electron chi connectivity index (χ4n) is 4.84. The van der Waals surface area contributed by atoms with Crippen molar-refractivity contribution in [3.63, 3.8) is 0 Å². The standard InChI is InChI=1S/C28H20ClN3O5/c1-36-22-12-16(29)10-15-11-21(37-27(15)22)25(33)23-24(19-13-31-20-8-3-2-7-18(19)20)32(28(35)26(23)34)14-17-6-4-5-9-30-17/h2-13,24,31,34H,14H2,1H3. The summed E-state index contributed by atoms with van der Waals surface area (Å²) in [7, 11) is 1.47. The lowest BCUT2D eigenvalue weighted by Gasteiger charge is -2.26. The molecular formula is C28H20ClN3O5. The van der Waals surface area contributed by atoms with Crippen LogP contribution in [0.25, 0.3) is 21.9 Å². The summed E-state index contributed by atoms with van der Waals surface area (Å²) in [5.74, 6) is -1.58. The maximum Gasteiger partial charge on any atom is 0.290 e. The number of nitrogens with zero attached hydrogens (tertiary/aromatic N) is 2. The second-order valence-corrected chi connectivity index (χ2v) is 9.11. The lowest BCUT2D eigenvalue weighted by molar-refractivity contribution is -0.130. The molecule has 0 fully saturated rings. The number of carbonyl (C=O) groups is 2. The van der Waals surface area contributed by atoms with Gasteiger partial charge in [0.1, 0.15) is 0 Å². The van der Waals surface area contributed by atoms with Crippen molar-refractivity contribution in [2.24, 2.45) is 0 Å². The van der Waals surface area contributed by atoms with E-state index in [1.54, 1.807) is 36.7 Å². The molecule has 0 bridgehead atoms. The summed E-state index contributed by atoms with van der Waals surface area (Å²) in [6.45, 7) is 0.0915. The maximum absolute atomic E-state index is 13.9. The largest absolute Gasteiger partial charge is 0.503 e. The summed E-state index contributed by atoms with van der Waals surface area (Å²) < 4.78 is 11.2. The van der Waals surface area contributed by atoms with E-state index in [0.717, 1.165) is 10.9 Å². The van der Waals surface area contributed by atoms with Crippen molar-refractivity contribution in [2.45, 2.75) is 12.6 Å². The molecule has 0 radical (unpaired) electrons. The fourth-order valence-corrected chi connectivity index (χ4v) is 5.06. The van der Waals surface area contributed by atoms with Crippen LogP contribution in [0.5, 0.6) is 5.75 Å². The molecule has 0 aliphatic carbocycles. The molecule has 1 amide bonds. The summed E-state index contributed by atoms with van der Waals surface area (Å²) in [6.07, 6.45) is 3.38. The van der Waals surface area contributed by atoms with Crippen molar-refractivity contribution in [1.82, 2.24) is 14.9 Å². The van der Waals surface area contributed by atoms with Gasteiger partial charge in [-0.2, -0.15) is 0 Å². The van der Waals surface area contributed by atoms with Crippen LogP contribution >= 0.6 is 11.6 Å². The fraction of sp³-hybridized carbons (Fsp3) is 0.107. The SMILES string of the molecule is COc1cc(Cl)cc2cc(C(=O)C3=C(O)C(=O)N(Cc4ccccn4)C3c3c[nH]c4ccccc34)oc12. The third-order valence-corrected chi connectivity index (χ3v) is 6.73. The number of halogens is 1. The summed E-state index contributed by atoms with van der Waals surface area (Å²) in [6, 6.07) is 16.8. The summed E-state index contributed by atoms with van der Waals surface area (Å²) in [5, 5.41) is 12.8. The molecule has 1 aliphatic rings. The Kier molecular flexibility index (Phi) is 5.46. The Balaban J connectivity index is 1.50. The number of aromatic nitrogens is 2. The number of ether oxygens (including phenoxy) is 1. The van der Waals surface area contributed by atoms with Gasteiger partial charge in [0.15, 0.2) is 22.9 Å². The van der Waals surface area contributed by atoms with E-state index in [9.17, 15) is 14.7 Å². The number of aromatic amines is 1. The molecular weight excluding hydrogens is 494 g/mol. The number of Topliss-reactive ketones (excluding diaryl/α,β-unsaturated/α-hetero) is 1. The van der Waals surface area contributed by atoms with Crippen molar-refractivity contribution < 1.29 is 23.8 Å². The first kappa shape index (κ1) is 22.9. The van der Waals surface area contributed by atoms with E-state index in [-0.39, 0.29) is 17.9 Å². The molecule has 0 saturated carbocycles. The van der Waals surface area contributed by atoms with Crippen LogP contribution in [0.1, 0.15) is 27.9 Å². The van der Waals surface area contributed by atoms with E-state index < -0.39 is 23.5 Å². The average Bonchev–Trinajstić information content (AvgIpc) is 3.59. The van der Waals surface area contributed by atoms with Crippen LogP contribution in [0.15, 0.2) is 88.8 Å². The minimum Gasteiger partial charge on any atom is -0.503 e. The lowest BCUT2D eigenvalue weighted by Crippen LogP contribution is -2.31. The molecule has 0 spiro atoms. The summed E-state index contributed by atoms with van der Waals surface area (Å²) in [4.78, 5) is 36.3. The Labute approximate surface area is 215 Å². The molecule has 37 heavy (non-hydrogen) atoms. The number of hydrogen-bond donors (Lipinski definition) is 2. The van der Waals surface area contributed by atoms with E-state index >= 15 is 0 Å². The number of para-hydroxylation sites is 1. The van der Waals surface area contributed by atoms with Gasteiger partial charge in [-0.3, -0.25) is 14.6 Å². The highest BCUT2D eigenvalue weighted by Crippen LogP contribution is 2.43. The highest BCUT2D eigenvalue weighted by molar-refractivity contribution is 6.31. The number of nitrogens with one attached hydrogen (secondary N) is 1. The number of furan rings is 1. The smallest absolute Gasteiger partial charge is 0.290 e. The van der Waals surface area contributed by atoms with E-state index in [2.05, 4.69) is 9.97 Å². The number of H-pyrrole nitrogens is 1. The summed E-state index contributed by atoms with van der Waals surface area (Å²) >= 11 is 6.19. The number of amides is 1. The van der Waals surface area contributed by atoms with Gasteiger partial charge >= 0.3 is 0 Å². The molecule has 9 heteroatoms. The molecule has 4 heterocycles. The topological polar surface area (TPSA) is 109 Å². The van der Waals surface area contributed by atoms with Gasteiger partial charge in [0, 0.05) is 45.3 Å². The third kappa shape index (κ3) is 3.73. The molecule has 5 aromatic rings. The summed E-state index contributed by atoms with van der Waals surface area (Å²) in [5.41, 5.74) is 2.39. The highest BCUT2D eigenvalue weighted by Gasteiger charge is 2.45. The first-order valence-electron chi connectivity index (χ1n) is 11.5. The van der Waals surface area contributed by atoms with Gasteiger partial charge in [-0.1, -0.05) is 35.9 Å². The molecule has 2 aromatic carbocycles. The molecule has 8 nitrogen and oxygen atoms in total. The Hall–Kier alpha value is -4.56. The number of ketones is 1. The second kappa shape index (κ2) is 8.83. The Morgan fingerprint density at radius 1 is 1.19 bits per heavy atom. The highest BCUT2D eigenvalue weighted by atomic mass is 35.5. The number of aliphatic hydroxyl groups excluding tert-OH is 1. The van der Waals surface area contributed by atoms with Crippen molar-refractivity contribution in [1.29, 1.82) is 0 Å². The van der Waals surface area contributed by atoms with Crippen LogP contribution in [0, 0.1) is 0 Å². The molecule has 1 atom stereocenters. The van der Waals surface area contributed by atoms with Crippen LogP contribution in [0.3, 0.4) is 0 Å². The van der Waals surface area contributed by atoms with Crippen LogP contribution in [0.4, 0.5) is 0 Å². The van der Waals surface area contributed by atoms with Gasteiger partial charge in [-0.15, -0.1) is 0 Å². The number of fused-ring (bicyclic) bond motifs is 2. The van der Waals surface area contributed by atoms with Crippen molar-refractivity contribution in [3.05, 3.63) is 106 Å². The number of pyridine rings is 1. The normalized spacial score (nSPS) is 15.8. The van der Waals surface area contributed by atoms with Crippen molar-refractivity contribution in [3.8, 4) is 5.75 Å². The predicted octanol–water partition coefficient (Wildman–Crippen LogP) is 5.75. The van der Waals surface area contributed by atoms with E-state index in [1.165, 1.54) is 18.1 Å². The van der Waals surface area contributed by atoms with Gasteiger partial charge in [-0.05, 0) is 30.3 Å². The molecule has 3 aromatic heterocycles. The number of carbonyl (C=O) groups excluding carboxylic acids is 2. The average molecular weight is 514 g/mol. The zero-order valence-corrected chi connectivity index (χ0v) is 20.3. The van der Waals surface area contributed by atoms with Gasteiger partial charge < -0.3 is 24.1 Å².